The van der Waals surface area contributed by atoms with E-state index in [1.54, 1.807) is 18.3 Å². The molecule has 6 nitrogen and oxygen atoms in total. The smallest absolute Gasteiger partial charge is 0.226 e. The Kier molecular flexibility index (Phi) is 7.48. The number of thiocarbonyl (C=S) groups is 1. The van der Waals surface area contributed by atoms with Gasteiger partial charge in [-0.25, -0.2) is 4.39 Å². The Morgan fingerprint density at radius 2 is 1.74 bits per heavy atom. The van der Waals surface area contributed by atoms with Crippen molar-refractivity contribution in [3.63, 3.8) is 0 Å². The number of hydrogen-bond donors (Lipinski definition) is 2. The van der Waals surface area contributed by atoms with Gasteiger partial charge in [0.25, 0.3) is 0 Å². The third-order valence-corrected chi connectivity index (χ3v) is 7.71. The summed E-state index contributed by atoms with van der Waals surface area (Å²) in [5.74, 6) is -0.506. The zero-order valence-electron chi connectivity index (χ0n) is 22.5. The summed E-state index contributed by atoms with van der Waals surface area (Å²) in [6.07, 6.45) is 2.01. The largest absolute Gasteiger partial charge is 0.352 e. The van der Waals surface area contributed by atoms with E-state index in [9.17, 15) is 9.18 Å². The maximum absolute atomic E-state index is 13.3. The van der Waals surface area contributed by atoms with Crippen LogP contribution >= 0.6 is 12.2 Å². The lowest BCUT2D eigenvalue weighted by molar-refractivity contribution is -0.116. The first kappa shape index (κ1) is 26.6. The van der Waals surface area contributed by atoms with Crippen LogP contribution in [0, 0.1) is 33.5 Å². The van der Waals surface area contributed by atoms with Gasteiger partial charge in [-0.3, -0.25) is 9.78 Å². The Morgan fingerprint density at radius 3 is 2.41 bits per heavy atom. The summed E-state index contributed by atoms with van der Waals surface area (Å²) in [6.45, 7) is 8.95. The maximum atomic E-state index is 13.3. The van der Waals surface area contributed by atoms with E-state index < -0.39 is 0 Å². The van der Waals surface area contributed by atoms with Gasteiger partial charge >= 0.3 is 0 Å². The molecule has 1 amide bonds. The van der Waals surface area contributed by atoms with Crippen molar-refractivity contribution in [3.05, 3.63) is 113 Å². The van der Waals surface area contributed by atoms with Crippen LogP contribution in [0.2, 0.25) is 0 Å². The Bertz CT molecular complexity index is 1500. The first-order chi connectivity index (χ1) is 18.7. The molecule has 1 fully saturated rings. The second-order valence-electron chi connectivity index (χ2n) is 10.0. The van der Waals surface area contributed by atoms with Crippen LogP contribution in [0.3, 0.4) is 0 Å². The highest BCUT2D eigenvalue weighted by Gasteiger charge is 2.41. The van der Waals surface area contributed by atoms with Gasteiger partial charge in [-0.15, -0.1) is 0 Å². The van der Waals surface area contributed by atoms with E-state index in [-0.39, 0.29) is 30.2 Å². The Labute approximate surface area is 233 Å². The molecule has 0 unspecified atom stereocenters. The molecular formula is C31H32FN5OS. The lowest BCUT2D eigenvalue weighted by Gasteiger charge is -2.28. The van der Waals surface area contributed by atoms with Gasteiger partial charge in [0, 0.05) is 36.2 Å². The molecule has 0 radical (unpaired) electrons. The number of amides is 1. The molecule has 39 heavy (non-hydrogen) atoms. The monoisotopic (exact) mass is 541 g/mol. The van der Waals surface area contributed by atoms with Crippen LogP contribution in [0.15, 0.2) is 72.9 Å². The van der Waals surface area contributed by atoms with Crippen LogP contribution in [0.1, 0.15) is 52.3 Å². The molecule has 2 aromatic heterocycles. The molecule has 2 atom stereocenters. The molecule has 200 valence electrons. The Morgan fingerprint density at radius 1 is 1.03 bits per heavy atom. The molecule has 1 saturated heterocycles. The van der Waals surface area contributed by atoms with Crippen LogP contribution in [0.25, 0.3) is 5.69 Å². The first-order valence-corrected chi connectivity index (χ1v) is 13.4. The van der Waals surface area contributed by atoms with Crippen molar-refractivity contribution in [2.24, 2.45) is 0 Å². The van der Waals surface area contributed by atoms with Crippen LogP contribution in [-0.4, -0.2) is 32.0 Å². The summed E-state index contributed by atoms with van der Waals surface area (Å²) in [6, 6.07) is 19.9. The maximum Gasteiger partial charge on any atom is 0.226 e. The number of aromatic nitrogens is 2. The molecule has 2 aromatic carbocycles. The minimum absolute atomic E-state index is 0.157. The summed E-state index contributed by atoms with van der Waals surface area (Å²) >= 11 is 5.82. The van der Waals surface area contributed by atoms with Crippen LogP contribution < -0.4 is 10.6 Å². The van der Waals surface area contributed by atoms with E-state index in [1.807, 2.05) is 18.2 Å². The van der Waals surface area contributed by atoms with Crippen molar-refractivity contribution in [1.82, 2.24) is 19.8 Å². The summed E-state index contributed by atoms with van der Waals surface area (Å²) in [5, 5.41) is 6.92. The Balaban J connectivity index is 1.49. The fraction of sp³-hybridized carbons (Fsp3) is 0.258. The summed E-state index contributed by atoms with van der Waals surface area (Å²) in [5.41, 5.74) is 8.44. The van der Waals surface area contributed by atoms with Gasteiger partial charge in [0.15, 0.2) is 5.11 Å². The predicted octanol–water partition coefficient (Wildman–Crippen LogP) is 6.25. The number of aryl methyl sites for hydroxylation is 3. The van der Waals surface area contributed by atoms with Gasteiger partial charge in [-0.1, -0.05) is 24.3 Å². The molecule has 2 N–H and O–H groups in total. The van der Waals surface area contributed by atoms with E-state index in [0.29, 0.717) is 17.3 Å². The normalized spacial score (nSPS) is 16.8. The quantitative estimate of drug-likeness (QED) is 0.271. The van der Waals surface area contributed by atoms with E-state index in [4.69, 9.17) is 12.2 Å². The number of hydrogen-bond acceptors (Lipinski definition) is 3. The molecule has 0 aliphatic carbocycles. The zero-order chi connectivity index (χ0) is 27.7. The van der Waals surface area contributed by atoms with Gasteiger partial charge < -0.3 is 20.1 Å². The molecule has 0 saturated carbocycles. The summed E-state index contributed by atoms with van der Waals surface area (Å²) in [4.78, 5) is 19.6. The average molecular weight is 542 g/mol. The molecule has 4 aromatic rings. The molecule has 1 aliphatic rings. The minimum atomic E-state index is -0.344. The van der Waals surface area contributed by atoms with Gasteiger partial charge in [0.2, 0.25) is 5.91 Å². The third kappa shape index (κ3) is 5.29. The van der Waals surface area contributed by atoms with Crippen molar-refractivity contribution in [2.45, 2.75) is 46.2 Å². The second-order valence-corrected chi connectivity index (χ2v) is 10.4. The number of carbonyl (C=O) groups is 1. The van der Waals surface area contributed by atoms with Crippen molar-refractivity contribution in [1.29, 1.82) is 0 Å². The fourth-order valence-electron chi connectivity index (χ4n) is 5.55. The van der Waals surface area contributed by atoms with Crippen molar-refractivity contribution in [2.75, 3.05) is 11.9 Å². The number of benzene rings is 2. The van der Waals surface area contributed by atoms with Crippen molar-refractivity contribution < 1.29 is 9.18 Å². The molecule has 0 spiro atoms. The number of anilines is 1. The topological polar surface area (TPSA) is 62.2 Å². The summed E-state index contributed by atoms with van der Waals surface area (Å²) in [7, 11) is 0. The van der Waals surface area contributed by atoms with Crippen molar-refractivity contribution in [3.8, 4) is 5.69 Å². The van der Waals surface area contributed by atoms with Crippen molar-refractivity contribution >= 4 is 28.9 Å². The number of pyridine rings is 1. The number of halogens is 1. The fourth-order valence-corrected chi connectivity index (χ4v) is 5.88. The van der Waals surface area contributed by atoms with Crippen LogP contribution in [-0.2, 0) is 4.79 Å². The first-order valence-electron chi connectivity index (χ1n) is 13.0. The van der Waals surface area contributed by atoms with Gasteiger partial charge in [0.05, 0.1) is 23.5 Å². The summed E-state index contributed by atoms with van der Waals surface area (Å²) < 4.78 is 15.6. The zero-order valence-corrected chi connectivity index (χ0v) is 23.3. The van der Waals surface area contributed by atoms with Gasteiger partial charge in [-0.2, -0.15) is 0 Å². The van der Waals surface area contributed by atoms with Crippen LogP contribution in [0.4, 0.5) is 10.1 Å². The molecule has 8 heteroatoms. The highest BCUT2D eigenvalue weighted by atomic mass is 32.1. The number of para-hydroxylation sites is 1. The third-order valence-electron chi connectivity index (χ3n) is 7.36. The number of carbonyl (C=O) groups excluding carboxylic acids is 1. The average Bonchev–Trinajstić information content (AvgIpc) is 3.39. The number of nitrogens with one attached hydrogen (secondary N) is 2. The molecular weight excluding hydrogens is 509 g/mol. The second kappa shape index (κ2) is 11.0. The predicted molar refractivity (Wildman–Crippen MR) is 157 cm³/mol. The highest BCUT2D eigenvalue weighted by Crippen LogP contribution is 2.42. The molecule has 5 rings (SSSR count). The highest BCUT2D eigenvalue weighted by molar-refractivity contribution is 7.80. The van der Waals surface area contributed by atoms with Gasteiger partial charge in [-0.05, 0) is 99.1 Å². The molecule has 1 aliphatic heterocycles. The lowest BCUT2D eigenvalue weighted by Crippen LogP contribution is -2.32. The number of nitrogens with zero attached hydrogens (tertiary/aromatic N) is 3. The van der Waals surface area contributed by atoms with E-state index in [2.05, 4.69) is 77.0 Å². The Hall–Kier alpha value is -4.04. The van der Waals surface area contributed by atoms with E-state index in [1.165, 1.54) is 28.9 Å². The number of rotatable bonds is 7. The SMILES string of the molecule is Cc1cccc(C)c1-n1c(C)cc([C@H]2[C@H](c3ccccn3)NC(=S)N2CCC(=O)Nc2ccc(F)cc2)c1C. The lowest BCUT2D eigenvalue weighted by atomic mass is 9.96. The molecule has 0 bridgehead atoms. The molecule has 3 heterocycles. The van der Waals surface area contributed by atoms with Gasteiger partial charge in [0.1, 0.15) is 5.82 Å². The van der Waals surface area contributed by atoms with E-state index >= 15 is 0 Å². The van der Waals surface area contributed by atoms with Crippen LogP contribution in [0.5, 0.6) is 0 Å². The van der Waals surface area contributed by atoms with E-state index in [0.717, 1.165) is 22.6 Å². The minimum Gasteiger partial charge on any atom is -0.352 e. The standard InChI is InChI=1S/C31H32FN5OS/c1-19-8-7-9-20(2)29(19)37-21(3)18-25(22(37)4)30-28(26-10-5-6-16-33-26)35-31(39)36(30)17-15-27(38)34-24-13-11-23(32)12-14-24/h5-14,16,18,28,30H,15,17H2,1-4H3,(H,34,38)(H,35,39)/t28-,30-/m0/s1.